The molecule has 0 aliphatic heterocycles. The van der Waals surface area contributed by atoms with E-state index in [0.29, 0.717) is 6.42 Å². The van der Waals surface area contributed by atoms with Crippen molar-refractivity contribution in [3.8, 4) is 0 Å². The Labute approximate surface area is 116 Å². The highest BCUT2D eigenvalue weighted by molar-refractivity contribution is 9.10. The summed E-state index contributed by atoms with van der Waals surface area (Å²) in [6.45, 7) is 0.198. The summed E-state index contributed by atoms with van der Waals surface area (Å²) in [4.78, 5) is 0. The van der Waals surface area contributed by atoms with E-state index in [1.54, 1.807) is 0 Å². The van der Waals surface area contributed by atoms with Crippen molar-refractivity contribution >= 4 is 15.9 Å². The average Bonchev–Trinajstić information content (AvgIpc) is 2.39. The van der Waals surface area contributed by atoms with Crippen molar-refractivity contribution in [2.75, 3.05) is 6.54 Å². The van der Waals surface area contributed by atoms with Gasteiger partial charge in [-0.3, -0.25) is 0 Å². The van der Waals surface area contributed by atoms with E-state index in [1.165, 1.54) is 0 Å². The van der Waals surface area contributed by atoms with Gasteiger partial charge in [0.15, 0.2) is 0 Å². The zero-order valence-electron chi connectivity index (χ0n) is 10.0. The van der Waals surface area contributed by atoms with Crippen molar-refractivity contribution in [2.24, 2.45) is 5.73 Å². The van der Waals surface area contributed by atoms with Crippen molar-refractivity contribution in [1.29, 1.82) is 0 Å². The predicted octanol–water partition coefficient (Wildman–Crippen LogP) is 2.84. The molecule has 3 heteroatoms. The molecular weight excluding hydrogens is 290 g/mol. The molecule has 2 aromatic carbocycles. The van der Waals surface area contributed by atoms with Crippen molar-refractivity contribution in [2.45, 2.75) is 12.0 Å². The first-order valence-corrected chi connectivity index (χ1v) is 6.66. The molecule has 2 rings (SSSR count). The predicted molar refractivity (Wildman–Crippen MR) is 77.2 cm³/mol. The lowest BCUT2D eigenvalue weighted by molar-refractivity contribution is 0.0463. The largest absolute Gasteiger partial charge is 0.383 e. The maximum absolute atomic E-state index is 10.7. The molecule has 0 saturated carbocycles. The molecule has 94 valence electrons. The first-order chi connectivity index (χ1) is 8.64. The summed E-state index contributed by atoms with van der Waals surface area (Å²) in [5.41, 5.74) is 6.66. The molecule has 2 aromatic rings. The Hall–Kier alpha value is -1.16. The number of halogens is 1. The summed E-state index contributed by atoms with van der Waals surface area (Å²) in [5.74, 6) is 0. The standard InChI is InChI=1S/C15H16BrNO/c16-14-8-4-5-12(9-14)10-15(18,11-17)13-6-2-1-3-7-13/h1-9,18H,10-11,17H2. The smallest absolute Gasteiger partial charge is 0.106 e. The number of aliphatic hydroxyl groups is 1. The van der Waals surface area contributed by atoms with Crippen LogP contribution in [0.3, 0.4) is 0 Å². The highest BCUT2D eigenvalue weighted by Crippen LogP contribution is 2.25. The molecule has 0 heterocycles. The molecule has 18 heavy (non-hydrogen) atoms. The van der Waals surface area contributed by atoms with Crippen molar-refractivity contribution in [3.05, 3.63) is 70.2 Å². The molecule has 3 N–H and O–H groups in total. The van der Waals surface area contributed by atoms with Crippen LogP contribution in [0.4, 0.5) is 0 Å². The van der Waals surface area contributed by atoms with Crippen LogP contribution in [0.15, 0.2) is 59.1 Å². The quantitative estimate of drug-likeness (QED) is 0.912. The van der Waals surface area contributed by atoms with Gasteiger partial charge in [-0.25, -0.2) is 0 Å². The van der Waals surface area contributed by atoms with Gasteiger partial charge >= 0.3 is 0 Å². The zero-order valence-corrected chi connectivity index (χ0v) is 11.6. The lowest BCUT2D eigenvalue weighted by Gasteiger charge is -2.27. The maximum Gasteiger partial charge on any atom is 0.106 e. The molecule has 0 radical (unpaired) electrons. The van der Waals surface area contributed by atoms with Gasteiger partial charge in [0, 0.05) is 17.4 Å². The van der Waals surface area contributed by atoms with Crippen LogP contribution in [0.2, 0.25) is 0 Å². The average molecular weight is 306 g/mol. The summed E-state index contributed by atoms with van der Waals surface area (Å²) < 4.78 is 1.01. The minimum Gasteiger partial charge on any atom is -0.383 e. The highest BCUT2D eigenvalue weighted by atomic mass is 79.9. The summed E-state index contributed by atoms with van der Waals surface area (Å²) in [5, 5.41) is 10.7. The normalized spacial score (nSPS) is 14.2. The second kappa shape index (κ2) is 5.65. The van der Waals surface area contributed by atoms with Crippen LogP contribution in [0.1, 0.15) is 11.1 Å². The molecule has 0 spiro atoms. The molecule has 0 aromatic heterocycles. The third-order valence-corrected chi connectivity index (χ3v) is 3.53. The van der Waals surface area contributed by atoms with Crippen LogP contribution in [0.25, 0.3) is 0 Å². The Morgan fingerprint density at radius 3 is 2.39 bits per heavy atom. The first kappa shape index (κ1) is 13.3. The minimum absolute atomic E-state index is 0.198. The van der Waals surface area contributed by atoms with Crippen LogP contribution in [0.5, 0.6) is 0 Å². The third kappa shape index (κ3) is 2.99. The molecule has 0 bridgehead atoms. The fraction of sp³-hybridized carbons (Fsp3) is 0.200. The third-order valence-electron chi connectivity index (χ3n) is 3.03. The Kier molecular flexibility index (Phi) is 4.17. The van der Waals surface area contributed by atoms with Gasteiger partial charge in [-0.2, -0.15) is 0 Å². The van der Waals surface area contributed by atoms with E-state index in [0.717, 1.165) is 15.6 Å². The summed E-state index contributed by atoms with van der Waals surface area (Å²) >= 11 is 3.43. The number of benzene rings is 2. The molecule has 2 nitrogen and oxygen atoms in total. The monoisotopic (exact) mass is 305 g/mol. The van der Waals surface area contributed by atoms with Crippen LogP contribution < -0.4 is 5.73 Å². The van der Waals surface area contributed by atoms with Crippen LogP contribution in [0, 0.1) is 0 Å². The molecule has 0 fully saturated rings. The Balaban J connectivity index is 2.29. The molecule has 1 atom stereocenters. The molecular formula is C15H16BrNO. The van der Waals surface area contributed by atoms with Crippen LogP contribution in [-0.4, -0.2) is 11.7 Å². The van der Waals surface area contributed by atoms with Crippen molar-refractivity contribution in [1.82, 2.24) is 0 Å². The van der Waals surface area contributed by atoms with Crippen molar-refractivity contribution in [3.63, 3.8) is 0 Å². The Bertz CT molecular complexity index is 515. The van der Waals surface area contributed by atoms with E-state index < -0.39 is 5.60 Å². The fourth-order valence-electron chi connectivity index (χ4n) is 2.03. The second-order valence-corrected chi connectivity index (χ2v) is 5.32. The van der Waals surface area contributed by atoms with E-state index in [-0.39, 0.29) is 6.54 Å². The van der Waals surface area contributed by atoms with E-state index in [2.05, 4.69) is 15.9 Å². The molecule has 0 saturated heterocycles. The minimum atomic E-state index is -1.01. The number of hydrogen-bond acceptors (Lipinski definition) is 2. The van der Waals surface area contributed by atoms with E-state index in [9.17, 15) is 5.11 Å². The summed E-state index contributed by atoms with van der Waals surface area (Å²) in [7, 11) is 0. The number of rotatable bonds is 4. The van der Waals surface area contributed by atoms with E-state index in [4.69, 9.17) is 5.73 Å². The fourth-order valence-corrected chi connectivity index (χ4v) is 2.47. The van der Waals surface area contributed by atoms with Gasteiger partial charge in [0.1, 0.15) is 5.60 Å². The lowest BCUT2D eigenvalue weighted by Crippen LogP contribution is -2.37. The number of nitrogens with two attached hydrogens (primary N) is 1. The Morgan fingerprint density at radius 2 is 1.78 bits per heavy atom. The zero-order chi connectivity index (χ0) is 13.0. The van der Waals surface area contributed by atoms with Crippen molar-refractivity contribution < 1.29 is 5.11 Å². The van der Waals surface area contributed by atoms with E-state index >= 15 is 0 Å². The van der Waals surface area contributed by atoms with E-state index in [1.807, 2.05) is 54.6 Å². The van der Waals surface area contributed by atoms with Gasteiger partial charge in [-0.1, -0.05) is 58.4 Å². The molecule has 0 aliphatic rings. The summed E-state index contributed by atoms with van der Waals surface area (Å²) in [6, 6.07) is 17.5. The van der Waals surface area contributed by atoms with Gasteiger partial charge in [-0.15, -0.1) is 0 Å². The van der Waals surface area contributed by atoms with Gasteiger partial charge in [0.25, 0.3) is 0 Å². The lowest BCUT2D eigenvalue weighted by atomic mass is 9.87. The van der Waals surface area contributed by atoms with Crippen LogP contribution >= 0.6 is 15.9 Å². The Morgan fingerprint density at radius 1 is 1.06 bits per heavy atom. The summed E-state index contributed by atoms with van der Waals surface area (Å²) in [6.07, 6.45) is 0.507. The van der Waals surface area contributed by atoms with Gasteiger partial charge in [-0.05, 0) is 23.3 Å². The van der Waals surface area contributed by atoms with Crippen LogP contribution in [-0.2, 0) is 12.0 Å². The van der Waals surface area contributed by atoms with Gasteiger partial charge in [0.2, 0.25) is 0 Å². The topological polar surface area (TPSA) is 46.2 Å². The highest BCUT2D eigenvalue weighted by Gasteiger charge is 2.27. The SMILES string of the molecule is NCC(O)(Cc1cccc(Br)c1)c1ccccc1. The second-order valence-electron chi connectivity index (χ2n) is 4.41. The van der Waals surface area contributed by atoms with Gasteiger partial charge < -0.3 is 10.8 Å². The molecule has 0 amide bonds. The first-order valence-electron chi connectivity index (χ1n) is 5.86. The molecule has 0 aliphatic carbocycles. The van der Waals surface area contributed by atoms with Gasteiger partial charge in [0.05, 0.1) is 0 Å². The maximum atomic E-state index is 10.7. The number of hydrogen-bond donors (Lipinski definition) is 2. The molecule has 1 unspecified atom stereocenters.